The van der Waals surface area contributed by atoms with Gasteiger partial charge in [-0.05, 0) is 66.4 Å². The Morgan fingerprint density at radius 3 is 2.43 bits per heavy atom. The molecule has 0 aliphatic rings. The fraction of sp³-hybridized carbons (Fsp3) is 0.200. The van der Waals surface area contributed by atoms with Gasteiger partial charge in [0.15, 0.2) is 0 Å². The average Bonchev–Trinajstić information content (AvgIpc) is 3.08. The first kappa shape index (κ1) is 18.3. The van der Waals surface area contributed by atoms with Crippen LogP contribution in [-0.4, -0.2) is 4.57 Å². The Bertz CT molecular complexity index is 1110. The van der Waals surface area contributed by atoms with Crippen molar-refractivity contribution in [1.29, 1.82) is 0 Å². The van der Waals surface area contributed by atoms with Gasteiger partial charge in [0.25, 0.3) is 0 Å². The standard InChI is InChI=1S/C25H24FNO/c1-17(2)25-15-20-14-22(28-16-19-7-5-4-6-8-19)10-12-24(20)27(25)21-9-11-23(26)18(3)13-21/h4-15,17H,16H2,1-3H3. The zero-order valence-electron chi connectivity index (χ0n) is 16.4. The van der Waals surface area contributed by atoms with Gasteiger partial charge in [-0.2, -0.15) is 0 Å². The molecule has 0 aliphatic carbocycles. The van der Waals surface area contributed by atoms with Crippen molar-refractivity contribution in [1.82, 2.24) is 4.57 Å². The fourth-order valence-electron chi connectivity index (χ4n) is 3.53. The highest BCUT2D eigenvalue weighted by atomic mass is 19.1. The van der Waals surface area contributed by atoms with Crippen molar-refractivity contribution >= 4 is 10.9 Å². The summed E-state index contributed by atoms with van der Waals surface area (Å²) in [5.74, 6) is 1.01. The van der Waals surface area contributed by atoms with Gasteiger partial charge in [0.1, 0.15) is 18.2 Å². The van der Waals surface area contributed by atoms with Crippen molar-refractivity contribution in [2.24, 2.45) is 0 Å². The highest BCUT2D eigenvalue weighted by Crippen LogP contribution is 2.32. The van der Waals surface area contributed by atoms with Crippen molar-refractivity contribution in [3.05, 3.63) is 95.4 Å². The first-order chi connectivity index (χ1) is 13.5. The van der Waals surface area contributed by atoms with E-state index in [1.165, 1.54) is 11.8 Å². The van der Waals surface area contributed by atoms with Gasteiger partial charge in [-0.1, -0.05) is 44.2 Å². The summed E-state index contributed by atoms with van der Waals surface area (Å²) in [5, 5.41) is 1.12. The Morgan fingerprint density at radius 2 is 1.71 bits per heavy atom. The molecule has 3 heteroatoms. The van der Waals surface area contributed by atoms with Crippen LogP contribution in [0.1, 0.15) is 36.6 Å². The van der Waals surface area contributed by atoms with Crippen molar-refractivity contribution in [3.8, 4) is 11.4 Å². The molecule has 0 unspecified atom stereocenters. The number of benzene rings is 3. The van der Waals surface area contributed by atoms with E-state index in [1.807, 2.05) is 36.4 Å². The molecule has 0 amide bonds. The van der Waals surface area contributed by atoms with Gasteiger partial charge in [0.05, 0.1) is 5.52 Å². The largest absolute Gasteiger partial charge is 0.489 e. The minimum Gasteiger partial charge on any atom is -0.489 e. The molecule has 0 saturated carbocycles. The maximum atomic E-state index is 13.8. The van der Waals surface area contributed by atoms with Crippen LogP contribution in [0, 0.1) is 12.7 Å². The van der Waals surface area contributed by atoms with Gasteiger partial charge in [-0.25, -0.2) is 4.39 Å². The predicted molar refractivity (Wildman–Crippen MR) is 113 cm³/mol. The maximum absolute atomic E-state index is 13.8. The molecule has 0 fully saturated rings. The number of nitrogens with zero attached hydrogens (tertiary/aromatic N) is 1. The zero-order valence-corrected chi connectivity index (χ0v) is 16.4. The predicted octanol–water partition coefficient (Wildman–Crippen LogP) is 6.78. The second-order valence-electron chi connectivity index (χ2n) is 7.49. The molecule has 0 spiro atoms. The van der Waals surface area contributed by atoms with Crippen molar-refractivity contribution in [3.63, 3.8) is 0 Å². The topological polar surface area (TPSA) is 14.2 Å². The lowest BCUT2D eigenvalue weighted by atomic mass is 10.1. The highest BCUT2D eigenvalue weighted by Gasteiger charge is 2.15. The summed E-state index contributed by atoms with van der Waals surface area (Å²) < 4.78 is 22.0. The van der Waals surface area contributed by atoms with Gasteiger partial charge >= 0.3 is 0 Å². The van der Waals surface area contributed by atoms with E-state index in [0.29, 0.717) is 18.1 Å². The first-order valence-corrected chi connectivity index (χ1v) is 9.61. The third-order valence-corrected chi connectivity index (χ3v) is 5.04. The second-order valence-corrected chi connectivity index (χ2v) is 7.49. The van der Waals surface area contributed by atoms with E-state index in [2.05, 4.69) is 48.7 Å². The summed E-state index contributed by atoms with van der Waals surface area (Å²) >= 11 is 0. The third-order valence-electron chi connectivity index (χ3n) is 5.04. The number of rotatable bonds is 5. The maximum Gasteiger partial charge on any atom is 0.126 e. The van der Waals surface area contributed by atoms with Gasteiger partial charge in [-0.15, -0.1) is 0 Å². The van der Waals surface area contributed by atoms with E-state index in [4.69, 9.17) is 4.74 Å². The molecule has 0 radical (unpaired) electrons. The number of aryl methyl sites for hydroxylation is 1. The summed E-state index contributed by atoms with van der Waals surface area (Å²) in [5.41, 5.74) is 5.07. The molecule has 28 heavy (non-hydrogen) atoms. The van der Waals surface area contributed by atoms with E-state index in [1.54, 1.807) is 6.92 Å². The quantitative estimate of drug-likeness (QED) is 0.376. The van der Waals surface area contributed by atoms with Crippen LogP contribution in [0.25, 0.3) is 16.6 Å². The smallest absolute Gasteiger partial charge is 0.126 e. The average molecular weight is 373 g/mol. The molecule has 4 rings (SSSR count). The first-order valence-electron chi connectivity index (χ1n) is 9.61. The lowest BCUT2D eigenvalue weighted by Gasteiger charge is -2.14. The molecule has 3 aromatic carbocycles. The van der Waals surface area contributed by atoms with Crippen LogP contribution in [0.15, 0.2) is 72.8 Å². The third kappa shape index (κ3) is 3.53. The molecule has 1 heterocycles. The van der Waals surface area contributed by atoms with E-state index < -0.39 is 0 Å². The monoisotopic (exact) mass is 373 g/mol. The van der Waals surface area contributed by atoms with Crippen LogP contribution in [0.4, 0.5) is 4.39 Å². The van der Waals surface area contributed by atoms with Crippen molar-refractivity contribution < 1.29 is 9.13 Å². The molecule has 0 aliphatic heterocycles. The second kappa shape index (κ2) is 7.51. The van der Waals surface area contributed by atoms with Crippen molar-refractivity contribution in [2.75, 3.05) is 0 Å². The van der Waals surface area contributed by atoms with Gasteiger partial charge in [0.2, 0.25) is 0 Å². The number of ether oxygens (including phenoxy) is 1. The van der Waals surface area contributed by atoms with Crippen LogP contribution < -0.4 is 4.74 Å². The number of halogens is 1. The van der Waals surface area contributed by atoms with Crippen LogP contribution in [0.3, 0.4) is 0 Å². The summed E-state index contributed by atoms with van der Waals surface area (Å²) in [4.78, 5) is 0. The molecule has 142 valence electrons. The van der Waals surface area contributed by atoms with Crippen LogP contribution >= 0.6 is 0 Å². The fourth-order valence-corrected chi connectivity index (χ4v) is 3.53. The number of fused-ring (bicyclic) bond motifs is 1. The Morgan fingerprint density at radius 1 is 0.929 bits per heavy atom. The van der Waals surface area contributed by atoms with E-state index in [-0.39, 0.29) is 5.82 Å². The van der Waals surface area contributed by atoms with Crippen LogP contribution in [0.5, 0.6) is 5.75 Å². The molecule has 2 nitrogen and oxygen atoms in total. The van der Waals surface area contributed by atoms with Crippen molar-refractivity contribution in [2.45, 2.75) is 33.3 Å². The molecule has 1 aromatic heterocycles. The molecule has 0 bridgehead atoms. The summed E-state index contributed by atoms with van der Waals surface area (Å²) in [7, 11) is 0. The molecular formula is C25H24FNO. The molecule has 4 aromatic rings. The Balaban J connectivity index is 1.73. The Labute approximate surface area is 165 Å². The number of hydrogen-bond acceptors (Lipinski definition) is 1. The van der Waals surface area contributed by atoms with E-state index in [9.17, 15) is 4.39 Å². The van der Waals surface area contributed by atoms with Crippen LogP contribution in [-0.2, 0) is 6.61 Å². The molecule has 0 atom stereocenters. The summed E-state index contributed by atoms with van der Waals surface area (Å²) in [6.45, 7) is 6.69. The van der Waals surface area contributed by atoms with Crippen LogP contribution in [0.2, 0.25) is 0 Å². The summed E-state index contributed by atoms with van der Waals surface area (Å²) in [6, 6.07) is 23.8. The van der Waals surface area contributed by atoms with Gasteiger partial charge < -0.3 is 9.30 Å². The Kier molecular flexibility index (Phi) is 4.91. The Hall–Kier alpha value is -3.07. The minimum absolute atomic E-state index is 0.178. The lowest BCUT2D eigenvalue weighted by molar-refractivity contribution is 0.306. The normalized spacial score (nSPS) is 11.3. The number of aromatic nitrogens is 1. The van der Waals surface area contributed by atoms with E-state index in [0.717, 1.165) is 27.9 Å². The zero-order chi connectivity index (χ0) is 19.7. The van der Waals surface area contributed by atoms with Gasteiger partial charge in [0, 0.05) is 16.8 Å². The number of hydrogen-bond donors (Lipinski definition) is 0. The molecule has 0 saturated heterocycles. The van der Waals surface area contributed by atoms with Gasteiger partial charge in [-0.3, -0.25) is 0 Å². The summed E-state index contributed by atoms with van der Waals surface area (Å²) in [6.07, 6.45) is 0. The highest BCUT2D eigenvalue weighted by molar-refractivity contribution is 5.85. The lowest BCUT2D eigenvalue weighted by Crippen LogP contribution is -2.02. The van der Waals surface area contributed by atoms with E-state index >= 15 is 0 Å². The SMILES string of the molecule is Cc1cc(-n2c(C(C)C)cc3cc(OCc4ccccc4)ccc32)ccc1F. The molecule has 0 N–H and O–H groups in total. The minimum atomic E-state index is -0.178. The molecular weight excluding hydrogens is 349 g/mol.